The highest BCUT2D eigenvalue weighted by Gasteiger charge is 2.36. The zero-order valence-corrected chi connectivity index (χ0v) is 17.3. The molecule has 1 N–H and O–H groups in total. The number of aliphatic hydroxyl groups is 1. The van der Waals surface area contributed by atoms with E-state index in [-0.39, 0.29) is 36.4 Å². The summed E-state index contributed by atoms with van der Waals surface area (Å²) in [5, 5.41) is 10.4. The normalized spacial score (nSPS) is 23.9. The first-order chi connectivity index (χ1) is 14.0. The van der Waals surface area contributed by atoms with Gasteiger partial charge < -0.3 is 19.3 Å². The van der Waals surface area contributed by atoms with Gasteiger partial charge in [0.15, 0.2) is 6.29 Å². The molecule has 1 saturated heterocycles. The number of hydrogen-bond donors (Lipinski definition) is 1. The highest BCUT2D eigenvalue weighted by atomic mass is 16.7. The van der Waals surface area contributed by atoms with Gasteiger partial charge in [0, 0.05) is 24.7 Å². The second-order valence-corrected chi connectivity index (χ2v) is 7.78. The van der Waals surface area contributed by atoms with Gasteiger partial charge in [-0.15, -0.1) is 0 Å². The molecule has 0 amide bonds. The number of ketones is 1. The average Bonchev–Trinajstić information content (AvgIpc) is 2.75. The second kappa shape index (κ2) is 10.0. The van der Waals surface area contributed by atoms with Crippen molar-refractivity contribution in [3.63, 3.8) is 0 Å². The molecule has 1 aliphatic rings. The highest BCUT2D eigenvalue weighted by Crippen LogP contribution is 2.29. The Labute approximate surface area is 172 Å². The van der Waals surface area contributed by atoms with Crippen molar-refractivity contribution in [2.75, 3.05) is 13.7 Å². The first-order valence-corrected chi connectivity index (χ1v) is 10.1. The van der Waals surface area contributed by atoms with Gasteiger partial charge in [0.2, 0.25) is 0 Å². The molecule has 29 heavy (non-hydrogen) atoms. The van der Waals surface area contributed by atoms with Gasteiger partial charge in [-0.1, -0.05) is 56.3 Å². The molecule has 1 fully saturated rings. The topological polar surface area (TPSA) is 65.0 Å². The van der Waals surface area contributed by atoms with Crippen LogP contribution in [0.2, 0.25) is 0 Å². The predicted molar refractivity (Wildman–Crippen MR) is 111 cm³/mol. The predicted octanol–water partition coefficient (Wildman–Crippen LogP) is 3.94. The molecule has 0 aliphatic carbocycles. The number of carbonyl (C=O) groups excluding carboxylic acids is 1. The molecule has 0 saturated carbocycles. The standard InChI is InChI=1S/C24H30O5/c1-16-15-28-23(13-18-9-11-20(27-3)12-10-18)29-24(16)17(2)21(25)14-22(26)19-7-5-4-6-8-19/h4-12,16-17,22-24,26H,13-15H2,1-3H3/t16-,17-,22+,23-,24-/m0/s1. The molecule has 5 nitrogen and oxygen atoms in total. The molecule has 156 valence electrons. The number of carbonyl (C=O) groups is 1. The molecule has 0 bridgehead atoms. The Morgan fingerprint density at radius 1 is 1.17 bits per heavy atom. The first kappa shape index (κ1) is 21.5. The van der Waals surface area contributed by atoms with Crippen LogP contribution >= 0.6 is 0 Å². The van der Waals surface area contributed by atoms with Crippen LogP contribution in [0.1, 0.15) is 37.5 Å². The lowest BCUT2D eigenvalue weighted by molar-refractivity contribution is -0.242. The molecular formula is C24H30O5. The lowest BCUT2D eigenvalue weighted by Gasteiger charge is -2.38. The van der Waals surface area contributed by atoms with Gasteiger partial charge in [0.05, 0.1) is 25.9 Å². The maximum atomic E-state index is 12.8. The number of aliphatic hydroxyl groups excluding tert-OH is 1. The van der Waals surface area contributed by atoms with Crippen LogP contribution in [-0.2, 0) is 20.7 Å². The number of Topliss-reactive ketones (excluding diaryl/α,β-unsaturated/α-hetero) is 1. The number of hydrogen-bond acceptors (Lipinski definition) is 5. The zero-order valence-electron chi connectivity index (χ0n) is 17.3. The summed E-state index contributed by atoms with van der Waals surface area (Å²) in [4.78, 5) is 12.8. The van der Waals surface area contributed by atoms with Crippen molar-refractivity contribution >= 4 is 5.78 Å². The number of methoxy groups -OCH3 is 1. The van der Waals surface area contributed by atoms with E-state index >= 15 is 0 Å². The molecule has 0 radical (unpaired) electrons. The summed E-state index contributed by atoms with van der Waals surface area (Å²) in [7, 11) is 1.64. The Morgan fingerprint density at radius 2 is 1.86 bits per heavy atom. The van der Waals surface area contributed by atoms with Gasteiger partial charge in [-0.05, 0) is 23.3 Å². The average molecular weight is 398 g/mol. The number of benzene rings is 2. The summed E-state index contributed by atoms with van der Waals surface area (Å²) in [6.07, 6.45) is -0.722. The minimum absolute atomic E-state index is 0.00306. The number of ether oxygens (including phenoxy) is 3. The molecule has 0 unspecified atom stereocenters. The fourth-order valence-corrected chi connectivity index (χ4v) is 3.73. The lowest BCUT2D eigenvalue weighted by Crippen LogP contribution is -2.45. The van der Waals surface area contributed by atoms with E-state index < -0.39 is 6.10 Å². The quantitative estimate of drug-likeness (QED) is 0.730. The van der Waals surface area contributed by atoms with Crippen LogP contribution in [0, 0.1) is 11.8 Å². The van der Waals surface area contributed by atoms with Crippen molar-refractivity contribution in [3.8, 4) is 5.75 Å². The van der Waals surface area contributed by atoms with E-state index in [0.29, 0.717) is 13.0 Å². The molecule has 2 aromatic rings. The minimum atomic E-state index is -0.795. The third kappa shape index (κ3) is 5.66. The van der Waals surface area contributed by atoms with Crippen molar-refractivity contribution in [2.45, 2.75) is 45.2 Å². The highest BCUT2D eigenvalue weighted by molar-refractivity contribution is 5.81. The Morgan fingerprint density at radius 3 is 2.52 bits per heavy atom. The maximum Gasteiger partial charge on any atom is 0.162 e. The van der Waals surface area contributed by atoms with Crippen LogP contribution in [0.5, 0.6) is 5.75 Å². The molecule has 5 heteroatoms. The third-order valence-electron chi connectivity index (χ3n) is 5.56. The fourth-order valence-electron chi connectivity index (χ4n) is 3.73. The molecule has 1 heterocycles. The van der Waals surface area contributed by atoms with Gasteiger partial charge in [-0.3, -0.25) is 4.79 Å². The Kier molecular flexibility index (Phi) is 7.42. The van der Waals surface area contributed by atoms with Crippen LogP contribution in [0.25, 0.3) is 0 Å². The van der Waals surface area contributed by atoms with Crippen LogP contribution < -0.4 is 4.74 Å². The fraction of sp³-hybridized carbons (Fsp3) is 0.458. The van der Waals surface area contributed by atoms with E-state index in [1.54, 1.807) is 7.11 Å². The first-order valence-electron chi connectivity index (χ1n) is 10.1. The summed E-state index contributed by atoms with van der Waals surface area (Å²) in [5.41, 5.74) is 1.84. The summed E-state index contributed by atoms with van der Waals surface area (Å²) >= 11 is 0. The molecule has 3 rings (SSSR count). The van der Waals surface area contributed by atoms with Crippen molar-refractivity contribution in [3.05, 3.63) is 65.7 Å². The molecule has 2 aromatic carbocycles. The smallest absolute Gasteiger partial charge is 0.162 e. The molecule has 5 atom stereocenters. The van der Waals surface area contributed by atoms with E-state index in [1.165, 1.54) is 0 Å². The van der Waals surface area contributed by atoms with E-state index in [2.05, 4.69) is 0 Å². The largest absolute Gasteiger partial charge is 0.497 e. The van der Waals surface area contributed by atoms with Crippen LogP contribution in [0.4, 0.5) is 0 Å². The Hall–Kier alpha value is -2.21. The summed E-state index contributed by atoms with van der Waals surface area (Å²) in [6.45, 7) is 4.47. The third-order valence-corrected chi connectivity index (χ3v) is 5.56. The van der Waals surface area contributed by atoms with Crippen LogP contribution in [-0.4, -0.2) is 37.0 Å². The van der Waals surface area contributed by atoms with Gasteiger partial charge in [0.1, 0.15) is 11.5 Å². The van der Waals surface area contributed by atoms with E-state index in [4.69, 9.17) is 14.2 Å². The zero-order chi connectivity index (χ0) is 20.8. The van der Waals surface area contributed by atoms with Gasteiger partial charge >= 0.3 is 0 Å². The van der Waals surface area contributed by atoms with E-state index in [1.807, 2.05) is 68.4 Å². The second-order valence-electron chi connectivity index (χ2n) is 7.78. The lowest BCUT2D eigenvalue weighted by atomic mass is 9.87. The SMILES string of the molecule is COc1ccc(C[C@H]2OC[C@H](C)[C@@H]([C@@H](C)C(=O)C[C@@H](O)c3ccccc3)O2)cc1. The molecule has 1 aliphatic heterocycles. The van der Waals surface area contributed by atoms with E-state index in [0.717, 1.165) is 16.9 Å². The van der Waals surface area contributed by atoms with Crippen molar-refractivity contribution in [1.82, 2.24) is 0 Å². The maximum absolute atomic E-state index is 12.8. The van der Waals surface area contributed by atoms with Crippen molar-refractivity contribution in [2.24, 2.45) is 11.8 Å². The van der Waals surface area contributed by atoms with E-state index in [9.17, 15) is 9.90 Å². The molecule has 0 aromatic heterocycles. The number of rotatable bonds is 8. The summed E-state index contributed by atoms with van der Waals surface area (Å²) < 4.78 is 17.2. The summed E-state index contributed by atoms with van der Waals surface area (Å²) in [5.74, 6) is 0.603. The monoisotopic (exact) mass is 398 g/mol. The Bertz CT molecular complexity index is 774. The van der Waals surface area contributed by atoms with Gasteiger partial charge in [0.25, 0.3) is 0 Å². The Balaban J connectivity index is 1.59. The molecular weight excluding hydrogens is 368 g/mol. The van der Waals surface area contributed by atoms with Crippen molar-refractivity contribution < 1.29 is 24.1 Å². The van der Waals surface area contributed by atoms with Gasteiger partial charge in [-0.25, -0.2) is 0 Å². The molecule has 0 spiro atoms. The van der Waals surface area contributed by atoms with Gasteiger partial charge in [-0.2, -0.15) is 0 Å². The van der Waals surface area contributed by atoms with Crippen LogP contribution in [0.3, 0.4) is 0 Å². The summed E-state index contributed by atoms with van der Waals surface area (Å²) in [6, 6.07) is 17.1. The van der Waals surface area contributed by atoms with Crippen LogP contribution in [0.15, 0.2) is 54.6 Å². The minimum Gasteiger partial charge on any atom is -0.497 e. The van der Waals surface area contributed by atoms with Crippen molar-refractivity contribution in [1.29, 1.82) is 0 Å².